The highest BCUT2D eigenvalue weighted by Crippen LogP contribution is 2.45. The SMILES string of the molecule is CCCCCCCCCCCCCCCC(=O)OC[C@H](COP(=O)(O)OC[C@@H](O)COP(=O)(O)OC[C@@H](COC(=O)CCCCCCCCC)OC(=O)CCCCCCCCCCC)OC(=O)CCCCCCCCCCCCCCCCCCCCC(C)C. The number of esters is 4. The second-order valence-electron chi connectivity index (χ2n) is 26.1. The predicted molar refractivity (Wildman–Crippen MR) is 363 cm³/mol. The highest BCUT2D eigenvalue weighted by atomic mass is 31.2. The molecule has 0 aliphatic rings. The average molecular weight is 1330 g/mol. The Bertz CT molecular complexity index is 1740. The molecule has 0 aliphatic heterocycles. The van der Waals surface area contributed by atoms with E-state index in [1.165, 1.54) is 180 Å². The van der Waals surface area contributed by atoms with Crippen LogP contribution >= 0.6 is 15.6 Å². The van der Waals surface area contributed by atoms with Crippen molar-refractivity contribution in [2.24, 2.45) is 5.92 Å². The second-order valence-corrected chi connectivity index (χ2v) is 29.0. The standard InChI is InChI=1S/C71H138O17P2/c1-6-9-12-15-18-20-21-28-32-36-40-45-50-55-69(74)82-61-67(88-71(76)57-52-47-42-37-33-30-27-25-23-22-24-26-29-31-35-39-43-48-53-64(4)5)63-86-90(79,80)84-59-65(72)58-83-89(77,78)85-62-66(60-81-68(73)54-49-44-38-17-14-11-8-3)87-70(75)56-51-46-41-34-19-16-13-10-7-2/h64-67,72H,6-63H2,1-5H3,(H,77,78)(H,79,80)/t65-,66+,67+/m0/s1. The first-order valence-corrected chi connectivity index (χ1v) is 40.1. The molecule has 0 radical (unpaired) electrons. The van der Waals surface area contributed by atoms with E-state index in [4.69, 9.17) is 37.0 Å². The van der Waals surface area contributed by atoms with E-state index in [1.54, 1.807) is 0 Å². The predicted octanol–water partition coefficient (Wildman–Crippen LogP) is 20.5. The van der Waals surface area contributed by atoms with E-state index in [1.807, 2.05) is 0 Å². The van der Waals surface area contributed by atoms with Gasteiger partial charge in [-0.2, -0.15) is 0 Å². The van der Waals surface area contributed by atoms with Gasteiger partial charge in [0.1, 0.15) is 19.3 Å². The molecule has 3 N–H and O–H groups in total. The van der Waals surface area contributed by atoms with Gasteiger partial charge in [0.2, 0.25) is 0 Å². The van der Waals surface area contributed by atoms with Gasteiger partial charge in [-0.15, -0.1) is 0 Å². The van der Waals surface area contributed by atoms with Crippen LogP contribution in [-0.2, 0) is 65.4 Å². The molecule has 17 nitrogen and oxygen atoms in total. The van der Waals surface area contributed by atoms with Crippen LogP contribution in [0, 0.1) is 5.92 Å². The summed E-state index contributed by atoms with van der Waals surface area (Å²) in [6.45, 7) is 7.23. The Morgan fingerprint density at radius 3 is 0.756 bits per heavy atom. The summed E-state index contributed by atoms with van der Waals surface area (Å²) < 4.78 is 68.1. The largest absolute Gasteiger partial charge is 0.472 e. The van der Waals surface area contributed by atoms with Gasteiger partial charge in [-0.3, -0.25) is 37.3 Å². The van der Waals surface area contributed by atoms with Crippen molar-refractivity contribution in [3.8, 4) is 0 Å². The molecule has 534 valence electrons. The number of rotatable bonds is 71. The molecule has 0 saturated carbocycles. The number of aliphatic hydroxyl groups is 1. The monoisotopic (exact) mass is 1320 g/mol. The van der Waals surface area contributed by atoms with Crippen LogP contribution in [0.15, 0.2) is 0 Å². The molecule has 0 heterocycles. The normalized spacial score (nSPS) is 14.1. The lowest BCUT2D eigenvalue weighted by molar-refractivity contribution is -0.161. The van der Waals surface area contributed by atoms with E-state index in [-0.39, 0.29) is 25.7 Å². The molecule has 0 aromatic carbocycles. The molecular weight excluding hydrogens is 1190 g/mol. The molecule has 19 heteroatoms. The quantitative estimate of drug-likeness (QED) is 0.0222. The molecule has 0 aliphatic carbocycles. The number of ether oxygens (including phenoxy) is 4. The Morgan fingerprint density at radius 1 is 0.300 bits per heavy atom. The van der Waals surface area contributed by atoms with Gasteiger partial charge in [0.25, 0.3) is 0 Å². The third-order valence-electron chi connectivity index (χ3n) is 16.5. The van der Waals surface area contributed by atoms with Crippen LogP contribution in [0.5, 0.6) is 0 Å². The molecular formula is C71H138O17P2. The van der Waals surface area contributed by atoms with Crippen molar-refractivity contribution in [2.75, 3.05) is 39.6 Å². The Balaban J connectivity index is 5.13. The van der Waals surface area contributed by atoms with Gasteiger partial charge >= 0.3 is 39.5 Å². The van der Waals surface area contributed by atoms with Crippen molar-refractivity contribution in [3.63, 3.8) is 0 Å². The van der Waals surface area contributed by atoms with E-state index in [2.05, 4.69) is 34.6 Å². The minimum absolute atomic E-state index is 0.106. The van der Waals surface area contributed by atoms with Crippen LogP contribution in [-0.4, -0.2) is 96.7 Å². The zero-order valence-corrected chi connectivity index (χ0v) is 60.1. The third-order valence-corrected chi connectivity index (χ3v) is 18.4. The molecule has 0 bridgehead atoms. The van der Waals surface area contributed by atoms with Crippen molar-refractivity contribution in [1.82, 2.24) is 0 Å². The first kappa shape index (κ1) is 88.1. The Kier molecular flexibility index (Phi) is 63.0. The maximum absolute atomic E-state index is 13.0. The second kappa shape index (κ2) is 64.4. The summed E-state index contributed by atoms with van der Waals surface area (Å²) in [4.78, 5) is 72.3. The summed E-state index contributed by atoms with van der Waals surface area (Å²) in [5.41, 5.74) is 0. The van der Waals surface area contributed by atoms with Gasteiger partial charge in [0.15, 0.2) is 12.2 Å². The van der Waals surface area contributed by atoms with Crippen molar-refractivity contribution in [2.45, 2.75) is 387 Å². The van der Waals surface area contributed by atoms with Crippen LogP contribution in [0.25, 0.3) is 0 Å². The van der Waals surface area contributed by atoms with Crippen LogP contribution in [0.3, 0.4) is 0 Å². The Morgan fingerprint density at radius 2 is 0.511 bits per heavy atom. The number of carbonyl (C=O) groups is 4. The van der Waals surface area contributed by atoms with Gasteiger partial charge in [-0.1, -0.05) is 317 Å². The zero-order chi connectivity index (χ0) is 66.3. The molecule has 0 aromatic heterocycles. The molecule has 2 unspecified atom stereocenters. The minimum atomic E-state index is -4.95. The smallest absolute Gasteiger partial charge is 0.462 e. The summed E-state index contributed by atoms with van der Waals surface area (Å²) in [6, 6.07) is 0. The Hall–Kier alpha value is -1.94. The maximum atomic E-state index is 13.0. The zero-order valence-electron chi connectivity index (χ0n) is 58.3. The van der Waals surface area contributed by atoms with Gasteiger partial charge in [-0.05, 0) is 31.6 Å². The van der Waals surface area contributed by atoms with Crippen LogP contribution < -0.4 is 0 Å². The van der Waals surface area contributed by atoms with Crippen molar-refractivity contribution in [3.05, 3.63) is 0 Å². The highest BCUT2D eigenvalue weighted by molar-refractivity contribution is 7.47. The molecule has 0 amide bonds. The molecule has 90 heavy (non-hydrogen) atoms. The summed E-state index contributed by atoms with van der Waals surface area (Å²) in [6.07, 6.45) is 51.6. The van der Waals surface area contributed by atoms with Gasteiger partial charge in [0.05, 0.1) is 26.4 Å². The number of carbonyl (C=O) groups excluding carboxylic acids is 4. The summed E-state index contributed by atoms with van der Waals surface area (Å²) in [5, 5.41) is 10.6. The topological polar surface area (TPSA) is 237 Å². The van der Waals surface area contributed by atoms with E-state index < -0.39 is 97.5 Å². The van der Waals surface area contributed by atoms with E-state index >= 15 is 0 Å². The van der Waals surface area contributed by atoms with Crippen molar-refractivity contribution in [1.29, 1.82) is 0 Å². The lowest BCUT2D eigenvalue weighted by atomic mass is 10.0. The summed E-state index contributed by atoms with van der Waals surface area (Å²) in [5.74, 6) is -1.31. The third kappa shape index (κ3) is 64.8. The fraction of sp³-hybridized carbons (Fsp3) is 0.944. The maximum Gasteiger partial charge on any atom is 0.472 e. The molecule has 0 spiro atoms. The van der Waals surface area contributed by atoms with Crippen LogP contribution in [0.2, 0.25) is 0 Å². The highest BCUT2D eigenvalue weighted by Gasteiger charge is 2.30. The molecule has 0 rings (SSSR count). The van der Waals surface area contributed by atoms with Crippen LogP contribution in [0.4, 0.5) is 0 Å². The lowest BCUT2D eigenvalue weighted by Crippen LogP contribution is -2.30. The molecule has 0 fully saturated rings. The van der Waals surface area contributed by atoms with E-state index in [0.717, 1.165) is 109 Å². The average Bonchev–Trinajstić information content (AvgIpc) is 3.68. The van der Waals surface area contributed by atoms with Crippen molar-refractivity contribution >= 4 is 39.5 Å². The first-order valence-electron chi connectivity index (χ1n) is 37.1. The fourth-order valence-corrected chi connectivity index (χ4v) is 12.4. The number of phosphoric acid groups is 2. The van der Waals surface area contributed by atoms with Gasteiger partial charge in [-0.25, -0.2) is 9.13 Å². The molecule has 0 aromatic rings. The van der Waals surface area contributed by atoms with Gasteiger partial charge in [0, 0.05) is 25.7 Å². The van der Waals surface area contributed by atoms with E-state index in [0.29, 0.717) is 25.7 Å². The number of hydrogen-bond acceptors (Lipinski definition) is 15. The molecule has 0 saturated heterocycles. The number of unbranched alkanes of at least 4 members (excludes halogenated alkanes) is 43. The fourth-order valence-electron chi connectivity index (χ4n) is 10.8. The van der Waals surface area contributed by atoms with Crippen LogP contribution in [0.1, 0.15) is 369 Å². The summed E-state index contributed by atoms with van der Waals surface area (Å²) in [7, 11) is -9.89. The number of aliphatic hydroxyl groups excluding tert-OH is 1. The number of phosphoric ester groups is 2. The first-order chi connectivity index (χ1) is 43.5. The molecule has 5 atom stereocenters. The lowest BCUT2D eigenvalue weighted by Gasteiger charge is -2.21. The van der Waals surface area contributed by atoms with Crippen molar-refractivity contribution < 1.29 is 80.2 Å². The van der Waals surface area contributed by atoms with Gasteiger partial charge < -0.3 is 33.8 Å². The number of hydrogen-bond donors (Lipinski definition) is 3. The Labute approximate surface area is 549 Å². The minimum Gasteiger partial charge on any atom is -0.462 e. The van der Waals surface area contributed by atoms with E-state index in [9.17, 15) is 43.2 Å². The summed E-state index contributed by atoms with van der Waals surface area (Å²) >= 11 is 0.